The molecule has 0 aromatic carbocycles. The molecular formula is C9H14F4N2O3. The van der Waals surface area contributed by atoms with Gasteiger partial charge >= 0.3 is 24.3 Å². The molecule has 0 bridgehead atoms. The van der Waals surface area contributed by atoms with Crippen molar-refractivity contribution in [2.24, 2.45) is 5.92 Å². The van der Waals surface area contributed by atoms with Gasteiger partial charge in [0.05, 0.1) is 6.54 Å². The van der Waals surface area contributed by atoms with Gasteiger partial charge in [-0.2, -0.15) is 8.78 Å². The van der Waals surface area contributed by atoms with Crippen LogP contribution in [0.3, 0.4) is 0 Å². The number of amides is 2. The number of rotatable bonds is 7. The van der Waals surface area contributed by atoms with Crippen LogP contribution in [0.1, 0.15) is 13.3 Å². The second-order valence-corrected chi connectivity index (χ2v) is 3.83. The van der Waals surface area contributed by atoms with Crippen LogP contribution in [0.2, 0.25) is 0 Å². The van der Waals surface area contributed by atoms with Gasteiger partial charge < -0.3 is 15.7 Å². The van der Waals surface area contributed by atoms with E-state index in [1.807, 2.05) is 0 Å². The zero-order chi connectivity index (χ0) is 14.3. The van der Waals surface area contributed by atoms with Crippen LogP contribution in [0.5, 0.6) is 0 Å². The lowest BCUT2D eigenvalue weighted by Crippen LogP contribution is -2.46. The molecule has 0 aliphatic heterocycles. The highest BCUT2D eigenvalue weighted by molar-refractivity contribution is 5.74. The molecule has 0 aromatic rings. The van der Waals surface area contributed by atoms with E-state index in [0.717, 1.165) is 0 Å². The highest BCUT2D eigenvalue weighted by atomic mass is 19.3. The van der Waals surface area contributed by atoms with Crippen molar-refractivity contribution >= 4 is 12.0 Å². The summed E-state index contributed by atoms with van der Waals surface area (Å²) in [5.74, 6) is -5.75. The van der Waals surface area contributed by atoms with E-state index in [1.165, 1.54) is 6.92 Å². The van der Waals surface area contributed by atoms with E-state index in [9.17, 15) is 27.2 Å². The molecule has 106 valence electrons. The average molecular weight is 274 g/mol. The van der Waals surface area contributed by atoms with E-state index in [4.69, 9.17) is 5.11 Å². The molecule has 0 aliphatic rings. The number of carboxylic acid groups (broad SMARTS) is 1. The van der Waals surface area contributed by atoms with Crippen molar-refractivity contribution in [1.29, 1.82) is 0 Å². The van der Waals surface area contributed by atoms with Crippen LogP contribution in [0.4, 0.5) is 22.4 Å². The number of hydrogen-bond acceptors (Lipinski definition) is 2. The lowest BCUT2D eigenvalue weighted by Gasteiger charge is -2.16. The van der Waals surface area contributed by atoms with Gasteiger partial charge in [-0.3, -0.25) is 4.79 Å². The predicted molar refractivity (Wildman–Crippen MR) is 53.8 cm³/mol. The third kappa shape index (κ3) is 6.92. The minimum Gasteiger partial charge on any atom is -0.481 e. The van der Waals surface area contributed by atoms with Gasteiger partial charge in [0.15, 0.2) is 0 Å². The molecule has 5 nitrogen and oxygen atoms in total. The van der Waals surface area contributed by atoms with E-state index in [0.29, 0.717) is 0 Å². The van der Waals surface area contributed by atoms with Gasteiger partial charge in [0.25, 0.3) is 0 Å². The van der Waals surface area contributed by atoms with Crippen LogP contribution in [-0.4, -0.2) is 42.5 Å². The minimum atomic E-state index is -4.29. The van der Waals surface area contributed by atoms with E-state index >= 15 is 0 Å². The lowest BCUT2D eigenvalue weighted by atomic mass is 10.1. The van der Waals surface area contributed by atoms with Crippen LogP contribution in [0, 0.1) is 5.92 Å². The molecule has 1 unspecified atom stereocenters. The fourth-order valence-electron chi connectivity index (χ4n) is 0.975. The third-order valence-corrected chi connectivity index (χ3v) is 1.94. The molecule has 0 radical (unpaired) electrons. The second-order valence-electron chi connectivity index (χ2n) is 3.83. The normalized spacial score (nSPS) is 13.2. The Bertz CT molecular complexity index is 300. The molecule has 0 saturated heterocycles. The summed E-state index contributed by atoms with van der Waals surface area (Å²) in [5, 5.41) is 12.1. The monoisotopic (exact) mass is 274 g/mol. The van der Waals surface area contributed by atoms with E-state index in [-0.39, 0.29) is 13.0 Å². The predicted octanol–water partition coefficient (Wildman–Crippen LogP) is 1.30. The van der Waals surface area contributed by atoms with E-state index < -0.39 is 36.8 Å². The fraction of sp³-hybridized carbons (Fsp3) is 0.778. The summed E-state index contributed by atoms with van der Waals surface area (Å²) in [4.78, 5) is 21.2. The van der Waals surface area contributed by atoms with Gasteiger partial charge in [0.1, 0.15) is 0 Å². The summed E-state index contributed by atoms with van der Waals surface area (Å²) in [6.45, 7) is -0.00957. The summed E-state index contributed by atoms with van der Waals surface area (Å²) in [6, 6.07) is -1.05. The van der Waals surface area contributed by atoms with Gasteiger partial charge in [0, 0.05) is 13.0 Å². The van der Waals surface area contributed by atoms with Gasteiger partial charge in [-0.15, -0.1) is 0 Å². The first-order valence-corrected chi connectivity index (χ1v) is 5.04. The molecule has 0 aromatic heterocycles. The van der Waals surface area contributed by atoms with Crippen LogP contribution >= 0.6 is 0 Å². The van der Waals surface area contributed by atoms with Gasteiger partial charge in [0.2, 0.25) is 0 Å². The number of hydrogen-bond donors (Lipinski definition) is 3. The number of aliphatic carboxylic acids is 1. The SMILES string of the molecule is CC(CNC(=O)NCC(F)(F)C(F)F)CC(=O)O. The smallest absolute Gasteiger partial charge is 0.324 e. The van der Waals surface area contributed by atoms with E-state index in [1.54, 1.807) is 5.32 Å². The van der Waals surface area contributed by atoms with Crippen molar-refractivity contribution in [2.75, 3.05) is 13.1 Å². The zero-order valence-corrected chi connectivity index (χ0v) is 9.55. The third-order valence-electron chi connectivity index (χ3n) is 1.94. The van der Waals surface area contributed by atoms with Crippen molar-refractivity contribution in [1.82, 2.24) is 10.6 Å². The molecule has 0 fully saturated rings. The molecule has 3 N–H and O–H groups in total. The lowest BCUT2D eigenvalue weighted by molar-refractivity contribution is -0.137. The Labute approximate surface area is 101 Å². The highest BCUT2D eigenvalue weighted by Gasteiger charge is 2.40. The number of urea groups is 1. The van der Waals surface area contributed by atoms with Gasteiger partial charge in [-0.05, 0) is 5.92 Å². The average Bonchev–Trinajstić information content (AvgIpc) is 2.22. The molecule has 2 amide bonds. The number of halogens is 4. The Hall–Kier alpha value is -1.54. The Morgan fingerprint density at radius 2 is 1.83 bits per heavy atom. The first kappa shape index (κ1) is 16.5. The highest BCUT2D eigenvalue weighted by Crippen LogP contribution is 2.21. The summed E-state index contributed by atoms with van der Waals surface area (Å²) in [5.41, 5.74) is 0. The van der Waals surface area contributed by atoms with Crippen LogP contribution in [0.15, 0.2) is 0 Å². The maximum absolute atomic E-state index is 12.4. The van der Waals surface area contributed by atoms with Crippen molar-refractivity contribution in [2.45, 2.75) is 25.7 Å². The molecule has 1 atom stereocenters. The second kappa shape index (κ2) is 7.02. The maximum atomic E-state index is 12.4. The van der Waals surface area contributed by atoms with Gasteiger partial charge in [-0.1, -0.05) is 6.92 Å². The minimum absolute atomic E-state index is 0.0572. The standard InChI is InChI=1S/C9H14F4N2O3/c1-5(2-6(16)17)3-14-8(18)15-4-9(12,13)7(10)11/h5,7H,2-4H2,1H3,(H,16,17)(H2,14,15,18). The van der Waals surface area contributed by atoms with Crippen molar-refractivity contribution < 1.29 is 32.3 Å². The molecular weight excluding hydrogens is 260 g/mol. The molecule has 0 heterocycles. The topological polar surface area (TPSA) is 78.4 Å². The van der Waals surface area contributed by atoms with Crippen LogP contribution in [0.25, 0.3) is 0 Å². The fourth-order valence-corrected chi connectivity index (χ4v) is 0.975. The first-order chi connectivity index (χ1) is 8.15. The van der Waals surface area contributed by atoms with Crippen molar-refractivity contribution in [3.63, 3.8) is 0 Å². The van der Waals surface area contributed by atoms with E-state index in [2.05, 4.69) is 5.32 Å². The van der Waals surface area contributed by atoms with Crippen molar-refractivity contribution in [3.8, 4) is 0 Å². The van der Waals surface area contributed by atoms with Crippen LogP contribution in [-0.2, 0) is 4.79 Å². The quantitative estimate of drug-likeness (QED) is 0.612. The zero-order valence-electron chi connectivity index (χ0n) is 9.55. The number of carboxylic acids is 1. The van der Waals surface area contributed by atoms with Gasteiger partial charge in [-0.25, -0.2) is 13.6 Å². The number of nitrogens with one attached hydrogen (secondary N) is 2. The Kier molecular flexibility index (Phi) is 6.42. The largest absolute Gasteiger partial charge is 0.481 e. The maximum Gasteiger partial charge on any atom is 0.324 e. The molecule has 0 spiro atoms. The Morgan fingerprint density at radius 1 is 1.28 bits per heavy atom. The number of carbonyl (C=O) groups is 2. The summed E-state index contributed by atoms with van der Waals surface area (Å²) in [7, 11) is 0. The first-order valence-electron chi connectivity index (χ1n) is 5.04. The Balaban J connectivity index is 3.89. The molecule has 18 heavy (non-hydrogen) atoms. The van der Waals surface area contributed by atoms with Crippen molar-refractivity contribution in [3.05, 3.63) is 0 Å². The summed E-state index contributed by atoms with van der Waals surface area (Å²) < 4.78 is 48.3. The molecule has 0 rings (SSSR count). The van der Waals surface area contributed by atoms with Crippen LogP contribution < -0.4 is 10.6 Å². The summed E-state index contributed by atoms with van der Waals surface area (Å²) >= 11 is 0. The molecule has 0 saturated carbocycles. The molecule has 9 heteroatoms. The molecule has 0 aliphatic carbocycles. The Morgan fingerprint density at radius 3 is 2.28 bits per heavy atom. The number of alkyl halides is 4. The summed E-state index contributed by atoms with van der Waals surface area (Å²) in [6.07, 6.45) is -4.06. The number of carbonyl (C=O) groups excluding carboxylic acids is 1.